The number of benzene rings is 1. The first-order valence-electron chi connectivity index (χ1n) is 6.85. The minimum Gasteiger partial charge on any atom is -0.492 e. The molecule has 1 aromatic heterocycles. The SMILES string of the molecule is CCOc1c(Br)cc(Br)cc1CN[C@@H](C)c1cccnc1. The van der Waals surface area contributed by atoms with Crippen LogP contribution in [0, 0.1) is 0 Å². The van der Waals surface area contributed by atoms with Crippen LogP contribution in [0.25, 0.3) is 0 Å². The summed E-state index contributed by atoms with van der Waals surface area (Å²) < 4.78 is 7.73. The van der Waals surface area contributed by atoms with Crippen molar-refractivity contribution < 1.29 is 4.74 Å². The zero-order valence-electron chi connectivity index (χ0n) is 12.1. The van der Waals surface area contributed by atoms with Crippen LogP contribution in [0.5, 0.6) is 5.75 Å². The third-order valence-corrected chi connectivity index (χ3v) is 4.20. The molecule has 0 aliphatic heterocycles. The summed E-state index contributed by atoms with van der Waals surface area (Å²) >= 11 is 7.08. The highest BCUT2D eigenvalue weighted by atomic mass is 79.9. The lowest BCUT2D eigenvalue weighted by Gasteiger charge is -2.17. The lowest BCUT2D eigenvalue weighted by molar-refractivity contribution is 0.332. The Morgan fingerprint density at radius 3 is 2.81 bits per heavy atom. The second-order valence-corrected chi connectivity index (χ2v) is 6.47. The maximum atomic E-state index is 5.74. The van der Waals surface area contributed by atoms with Crippen molar-refractivity contribution in [3.63, 3.8) is 0 Å². The molecular formula is C16H18Br2N2O. The molecule has 0 bridgehead atoms. The van der Waals surface area contributed by atoms with Gasteiger partial charge in [-0.2, -0.15) is 0 Å². The molecule has 0 spiro atoms. The smallest absolute Gasteiger partial charge is 0.138 e. The number of ether oxygens (including phenoxy) is 1. The highest BCUT2D eigenvalue weighted by molar-refractivity contribution is 9.11. The van der Waals surface area contributed by atoms with E-state index in [0.717, 1.165) is 26.8 Å². The molecule has 21 heavy (non-hydrogen) atoms. The number of nitrogens with one attached hydrogen (secondary N) is 1. The van der Waals surface area contributed by atoms with Crippen LogP contribution in [0.3, 0.4) is 0 Å². The fourth-order valence-electron chi connectivity index (χ4n) is 2.06. The van der Waals surface area contributed by atoms with Crippen molar-refractivity contribution in [1.29, 1.82) is 0 Å². The summed E-state index contributed by atoms with van der Waals surface area (Å²) in [4.78, 5) is 4.16. The van der Waals surface area contributed by atoms with Gasteiger partial charge >= 0.3 is 0 Å². The number of hydrogen-bond acceptors (Lipinski definition) is 3. The fourth-order valence-corrected chi connectivity index (χ4v) is 3.49. The van der Waals surface area contributed by atoms with Gasteiger partial charge in [0, 0.05) is 35.0 Å². The number of pyridine rings is 1. The molecular weight excluding hydrogens is 396 g/mol. The maximum absolute atomic E-state index is 5.74. The molecule has 0 aliphatic rings. The third-order valence-electron chi connectivity index (χ3n) is 3.16. The Balaban J connectivity index is 2.12. The van der Waals surface area contributed by atoms with E-state index in [1.807, 2.05) is 25.3 Å². The molecule has 1 atom stereocenters. The first-order chi connectivity index (χ1) is 10.1. The second-order valence-electron chi connectivity index (χ2n) is 4.70. The lowest BCUT2D eigenvalue weighted by atomic mass is 10.1. The summed E-state index contributed by atoms with van der Waals surface area (Å²) in [6.07, 6.45) is 3.67. The molecule has 2 aromatic rings. The molecule has 0 fully saturated rings. The first-order valence-corrected chi connectivity index (χ1v) is 8.44. The molecule has 112 valence electrons. The van der Waals surface area contributed by atoms with Crippen molar-refractivity contribution in [3.05, 3.63) is 56.7 Å². The predicted octanol–water partition coefficient (Wildman–Crippen LogP) is 4.86. The van der Waals surface area contributed by atoms with Crippen LogP contribution in [0.15, 0.2) is 45.6 Å². The third kappa shape index (κ3) is 4.53. The average Bonchev–Trinajstić information content (AvgIpc) is 2.48. The Morgan fingerprint density at radius 1 is 1.33 bits per heavy atom. The Labute approximate surface area is 142 Å². The normalized spacial score (nSPS) is 12.2. The van der Waals surface area contributed by atoms with Gasteiger partial charge in [0.25, 0.3) is 0 Å². The van der Waals surface area contributed by atoms with Gasteiger partial charge in [0.1, 0.15) is 5.75 Å². The Bertz CT molecular complexity index is 590. The minimum absolute atomic E-state index is 0.228. The number of aromatic nitrogens is 1. The van der Waals surface area contributed by atoms with E-state index in [9.17, 15) is 0 Å². The van der Waals surface area contributed by atoms with Crippen molar-refractivity contribution in [2.24, 2.45) is 0 Å². The van der Waals surface area contributed by atoms with Gasteiger partial charge in [-0.05, 0) is 53.5 Å². The summed E-state index contributed by atoms with van der Waals surface area (Å²) in [6.45, 7) is 5.49. The molecule has 1 aromatic carbocycles. The van der Waals surface area contributed by atoms with Crippen LogP contribution in [0.2, 0.25) is 0 Å². The predicted molar refractivity (Wildman–Crippen MR) is 92.5 cm³/mol. The van der Waals surface area contributed by atoms with E-state index < -0.39 is 0 Å². The molecule has 3 nitrogen and oxygen atoms in total. The number of halogens is 2. The molecule has 0 radical (unpaired) electrons. The van der Waals surface area contributed by atoms with Crippen LogP contribution in [0.4, 0.5) is 0 Å². The molecule has 5 heteroatoms. The van der Waals surface area contributed by atoms with E-state index in [1.165, 1.54) is 5.56 Å². The monoisotopic (exact) mass is 412 g/mol. The van der Waals surface area contributed by atoms with Crippen LogP contribution in [-0.2, 0) is 6.54 Å². The van der Waals surface area contributed by atoms with E-state index in [-0.39, 0.29) is 6.04 Å². The van der Waals surface area contributed by atoms with E-state index in [4.69, 9.17) is 4.74 Å². The Kier molecular flexibility index (Phi) is 6.21. The molecule has 1 N–H and O–H groups in total. The average molecular weight is 414 g/mol. The first kappa shape index (κ1) is 16.5. The van der Waals surface area contributed by atoms with E-state index in [2.05, 4.69) is 61.2 Å². The second kappa shape index (κ2) is 7.92. The minimum atomic E-state index is 0.228. The number of nitrogens with zero attached hydrogens (tertiary/aromatic N) is 1. The molecule has 0 unspecified atom stereocenters. The van der Waals surface area contributed by atoms with Gasteiger partial charge in [-0.3, -0.25) is 4.98 Å². The molecule has 0 amide bonds. The Hall–Kier alpha value is -0.910. The van der Waals surface area contributed by atoms with Gasteiger partial charge < -0.3 is 10.1 Å². The van der Waals surface area contributed by atoms with Crippen molar-refractivity contribution in [2.75, 3.05) is 6.61 Å². The summed E-state index contributed by atoms with van der Waals surface area (Å²) in [5.41, 5.74) is 2.29. The summed E-state index contributed by atoms with van der Waals surface area (Å²) in [7, 11) is 0. The van der Waals surface area contributed by atoms with Gasteiger partial charge in [0.2, 0.25) is 0 Å². The van der Waals surface area contributed by atoms with Crippen LogP contribution >= 0.6 is 31.9 Å². The molecule has 0 saturated carbocycles. The van der Waals surface area contributed by atoms with Crippen molar-refractivity contribution in [3.8, 4) is 5.75 Å². The van der Waals surface area contributed by atoms with Gasteiger partial charge in [-0.25, -0.2) is 0 Å². The van der Waals surface area contributed by atoms with Crippen LogP contribution in [0.1, 0.15) is 31.0 Å². The number of rotatable bonds is 6. The van der Waals surface area contributed by atoms with E-state index >= 15 is 0 Å². The van der Waals surface area contributed by atoms with Crippen molar-refractivity contribution in [1.82, 2.24) is 10.3 Å². The standard InChI is InChI=1S/C16H18Br2N2O/c1-3-21-16-13(7-14(17)8-15(16)18)10-20-11(2)12-5-4-6-19-9-12/h4-9,11,20H,3,10H2,1-2H3/t11-/m0/s1. The lowest BCUT2D eigenvalue weighted by Crippen LogP contribution is -2.19. The summed E-state index contributed by atoms with van der Waals surface area (Å²) in [6, 6.07) is 8.34. The quantitative estimate of drug-likeness (QED) is 0.734. The zero-order valence-corrected chi connectivity index (χ0v) is 15.2. The van der Waals surface area contributed by atoms with Gasteiger partial charge in [0.05, 0.1) is 11.1 Å². The van der Waals surface area contributed by atoms with Gasteiger partial charge in [0.15, 0.2) is 0 Å². The molecule has 1 heterocycles. The van der Waals surface area contributed by atoms with Gasteiger partial charge in [-0.15, -0.1) is 0 Å². The van der Waals surface area contributed by atoms with E-state index in [1.54, 1.807) is 6.20 Å². The van der Waals surface area contributed by atoms with Crippen molar-refractivity contribution >= 4 is 31.9 Å². The fraction of sp³-hybridized carbons (Fsp3) is 0.312. The largest absolute Gasteiger partial charge is 0.492 e. The summed E-state index contributed by atoms with van der Waals surface area (Å²) in [5.74, 6) is 0.895. The van der Waals surface area contributed by atoms with Crippen LogP contribution < -0.4 is 10.1 Å². The highest BCUT2D eigenvalue weighted by Gasteiger charge is 2.12. The molecule has 0 saturated heterocycles. The van der Waals surface area contributed by atoms with Gasteiger partial charge in [-0.1, -0.05) is 22.0 Å². The highest BCUT2D eigenvalue weighted by Crippen LogP contribution is 2.33. The summed E-state index contributed by atoms with van der Waals surface area (Å²) in [5, 5.41) is 3.51. The number of hydrogen-bond donors (Lipinski definition) is 1. The Morgan fingerprint density at radius 2 is 2.14 bits per heavy atom. The van der Waals surface area contributed by atoms with E-state index in [0.29, 0.717) is 6.61 Å². The van der Waals surface area contributed by atoms with Crippen LogP contribution in [-0.4, -0.2) is 11.6 Å². The molecule has 0 aliphatic carbocycles. The van der Waals surface area contributed by atoms with Crippen molar-refractivity contribution in [2.45, 2.75) is 26.4 Å². The molecule has 2 rings (SSSR count). The zero-order chi connectivity index (χ0) is 15.2. The topological polar surface area (TPSA) is 34.1 Å². The maximum Gasteiger partial charge on any atom is 0.138 e.